The van der Waals surface area contributed by atoms with Crippen LogP contribution in [-0.4, -0.2) is 69.2 Å². The number of hydrogen-bond acceptors (Lipinski definition) is 6. The third-order valence-corrected chi connectivity index (χ3v) is 4.56. The van der Waals surface area contributed by atoms with Crippen molar-refractivity contribution in [1.29, 1.82) is 0 Å². The minimum absolute atomic E-state index is 0.0207. The smallest absolute Gasteiger partial charge is 0.305 e. The van der Waals surface area contributed by atoms with Gasteiger partial charge < -0.3 is 24.4 Å². The van der Waals surface area contributed by atoms with Crippen LogP contribution in [0.1, 0.15) is 36.0 Å². The number of amides is 2. The summed E-state index contributed by atoms with van der Waals surface area (Å²) in [6.45, 7) is 1.68. The number of nitrogens with zero attached hydrogens (tertiary/aromatic N) is 1. The highest BCUT2D eigenvalue weighted by Crippen LogP contribution is 2.23. The second kappa shape index (κ2) is 11.3. The van der Waals surface area contributed by atoms with Crippen LogP contribution in [0.15, 0.2) is 24.3 Å². The van der Waals surface area contributed by atoms with Gasteiger partial charge in [-0.1, -0.05) is 12.1 Å². The molecule has 0 unspecified atom stereocenters. The highest BCUT2D eigenvalue weighted by Gasteiger charge is 2.25. The highest BCUT2D eigenvalue weighted by atomic mass is 16.5. The number of esters is 1. The van der Waals surface area contributed by atoms with Gasteiger partial charge in [-0.2, -0.15) is 0 Å². The summed E-state index contributed by atoms with van der Waals surface area (Å²) in [5.74, 6) is -0.0381. The summed E-state index contributed by atoms with van der Waals surface area (Å²) in [6.07, 6.45) is 2.11. The molecule has 1 fully saturated rings. The van der Waals surface area contributed by atoms with Gasteiger partial charge in [0.2, 0.25) is 5.91 Å². The van der Waals surface area contributed by atoms with E-state index in [0.717, 1.165) is 0 Å². The standard InChI is InChI=1S/C20H28N2O6/c1-26-14-18(23)22-12-9-15(10-13-22)28-17-7-4-3-6-16(17)20(25)21-11-5-8-19(24)27-2/h3-4,6-7,15H,5,8-14H2,1-2H3,(H,21,25). The van der Waals surface area contributed by atoms with E-state index in [1.54, 1.807) is 23.1 Å². The van der Waals surface area contributed by atoms with Crippen molar-refractivity contribution < 1.29 is 28.6 Å². The van der Waals surface area contributed by atoms with Crippen LogP contribution < -0.4 is 10.1 Å². The molecule has 0 atom stereocenters. The first-order chi connectivity index (χ1) is 13.5. The van der Waals surface area contributed by atoms with E-state index in [1.165, 1.54) is 14.2 Å². The molecule has 8 nitrogen and oxygen atoms in total. The number of nitrogens with one attached hydrogen (secondary N) is 1. The van der Waals surface area contributed by atoms with E-state index in [2.05, 4.69) is 10.1 Å². The van der Waals surface area contributed by atoms with E-state index >= 15 is 0 Å². The van der Waals surface area contributed by atoms with Crippen molar-refractivity contribution in [1.82, 2.24) is 10.2 Å². The van der Waals surface area contributed by atoms with Crippen LogP contribution in [0, 0.1) is 0 Å². The summed E-state index contributed by atoms with van der Waals surface area (Å²) < 4.78 is 15.5. The van der Waals surface area contributed by atoms with Crippen LogP contribution in [0.4, 0.5) is 0 Å². The molecule has 0 aromatic heterocycles. The summed E-state index contributed by atoms with van der Waals surface area (Å²) in [5, 5.41) is 2.80. The Kier molecular flexibility index (Phi) is 8.74. The molecule has 0 aliphatic carbocycles. The number of para-hydroxylation sites is 1. The van der Waals surface area contributed by atoms with Crippen LogP contribution in [0.25, 0.3) is 0 Å². The molecule has 28 heavy (non-hydrogen) atoms. The first kappa shape index (κ1) is 21.7. The number of methoxy groups -OCH3 is 2. The predicted molar refractivity (Wildman–Crippen MR) is 102 cm³/mol. The fourth-order valence-corrected chi connectivity index (χ4v) is 3.01. The fourth-order valence-electron chi connectivity index (χ4n) is 3.01. The van der Waals surface area contributed by atoms with E-state index in [-0.39, 0.29) is 36.9 Å². The van der Waals surface area contributed by atoms with E-state index < -0.39 is 0 Å². The number of carbonyl (C=O) groups excluding carboxylic acids is 3. The van der Waals surface area contributed by atoms with E-state index in [9.17, 15) is 14.4 Å². The van der Waals surface area contributed by atoms with Gasteiger partial charge in [0, 0.05) is 46.0 Å². The Hall–Kier alpha value is -2.61. The van der Waals surface area contributed by atoms with E-state index in [1.807, 2.05) is 6.07 Å². The number of ether oxygens (including phenoxy) is 3. The van der Waals surface area contributed by atoms with Crippen LogP contribution in [0.5, 0.6) is 5.75 Å². The van der Waals surface area contributed by atoms with Crippen molar-refractivity contribution in [3.05, 3.63) is 29.8 Å². The van der Waals surface area contributed by atoms with Gasteiger partial charge in [-0.15, -0.1) is 0 Å². The summed E-state index contributed by atoms with van der Waals surface area (Å²) in [6, 6.07) is 7.08. The molecule has 0 spiro atoms. The molecule has 1 saturated heterocycles. The molecule has 0 bridgehead atoms. The lowest BCUT2D eigenvalue weighted by Crippen LogP contribution is -2.43. The molecule has 0 saturated carbocycles. The van der Waals surface area contributed by atoms with Crippen molar-refractivity contribution in [2.45, 2.75) is 31.8 Å². The lowest BCUT2D eigenvalue weighted by Gasteiger charge is -2.32. The van der Waals surface area contributed by atoms with Crippen molar-refractivity contribution >= 4 is 17.8 Å². The number of benzene rings is 1. The van der Waals surface area contributed by atoms with Crippen molar-refractivity contribution in [3.8, 4) is 5.75 Å². The maximum atomic E-state index is 12.5. The lowest BCUT2D eigenvalue weighted by molar-refractivity contribution is -0.140. The van der Waals surface area contributed by atoms with Crippen LogP contribution in [-0.2, 0) is 19.1 Å². The van der Waals surface area contributed by atoms with Gasteiger partial charge in [0.1, 0.15) is 18.5 Å². The maximum absolute atomic E-state index is 12.5. The van der Waals surface area contributed by atoms with Crippen molar-refractivity contribution in [2.24, 2.45) is 0 Å². The van der Waals surface area contributed by atoms with Gasteiger partial charge in [-0.05, 0) is 18.6 Å². The Morgan fingerprint density at radius 3 is 2.54 bits per heavy atom. The summed E-state index contributed by atoms with van der Waals surface area (Å²) in [7, 11) is 2.84. The second-order valence-electron chi connectivity index (χ2n) is 6.56. The molecule has 2 amide bonds. The zero-order chi connectivity index (χ0) is 20.4. The molecular formula is C20H28N2O6. The molecule has 1 heterocycles. The summed E-state index contributed by atoms with van der Waals surface area (Å²) in [4.78, 5) is 37.2. The minimum atomic E-state index is -0.298. The zero-order valence-electron chi connectivity index (χ0n) is 16.4. The molecule has 1 aliphatic heterocycles. The first-order valence-corrected chi connectivity index (χ1v) is 9.42. The van der Waals surface area contributed by atoms with Gasteiger partial charge >= 0.3 is 5.97 Å². The number of carbonyl (C=O) groups is 3. The molecular weight excluding hydrogens is 364 g/mol. The number of likely N-dealkylation sites (tertiary alicyclic amines) is 1. The Balaban J connectivity index is 1.86. The molecule has 2 rings (SSSR count). The van der Waals surface area contributed by atoms with Gasteiger partial charge in [-0.25, -0.2) is 0 Å². The van der Waals surface area contributed by atoms with Crippen LogP contribution >= 0.6 is 0 Å². The Labute approximate surface area is 165 Å². The average Bonchev–Trinajstić information content (AvgIpc) is 2.72. The van der Waals surface area contributed by atoms with Crippen molar-refractivity contribution in [2.75, 3.05) is 40.5 Å². The Morgan fingerprint density at radius 1 is 1.14 bits per heavy atom. The van der Waals surface area contributed by atoms with Gasteiger partial charge in [0.05, 0.1) is 12.7 Å². The van der Waals surface area contributed by atoms with Crippen LogP contribution in [0.3, 0.4) is 0 Å². The molecule has 1 aromatic rings. The topological polar surface area (TPSA) is 94.2 Å². The molecule has 1 aromatic carbocycles. The number of rotatable bonds is 9. The third kappa shape index (κ3) is 6.53. The third-order valence-electron chi connectivity index (χ3n) is 4.56. The summed E-state index contributed by atoms with van der Waals surface area (Å²) >= 11 is 0. The zero-order valence-corrected chi connectivity index (χ0v) is 16.4. The predicted octanol–water partition coefficient (Wildman–Crippen LogP) is 1.39. The molecule has 1 aliphatic rings. The van der Waals surface area contributed by atoms with E-state index in [4.69, 9.17) is 9.47 Å². The monoisotopic (exact) mass is 392 g/mol. The average molecular weight is 392 g/mol. The largest absolute Gasteiger partial charge is 0.489 e. The van der Waals surface area contributed by atoms with Crippen LogP contribution in [0.2, 0.25) is 0 Å². The normalized spacial score (nSPS) is 14.4. The first-order valence-electron chi connectivity index (χ1n) is 9.42. The minimum Gasteiger partial charge on any atom is -0.489 e. The van der Waals surface area contributed by atoms with E-state index in [0.29, 0.717) is 50.2 Å². The molecule has 1 N–H and O–H groups in total. The SMILES string of the molecule is COCC(=O)N1CCC(Oc2ccccc2C(=O)NCCCC(=O)OC)CC1. The number of piperidine rings is 1. The fraction of sp³-hybridized carbons (Fsp3) is 0.550. The van der Waals surface area contributed by atoms with Gasteiger partial charge in [0.25, 0.3) is 5.91 Å². The van der Waals surface area contributed by atoms with Crippen molar-refractivity contribution in [3.63, 3.8) is 0 Å². The highest BCUT2D eigenvalue weighted by molar-refractivity contribution is 5.96. The second-order valence-corrected chi connectivity index (χ2v) is 6.56. The molecule has 8 heteroatoms. The Morgan fingerprint density at radius 2 is 1.86 bits per heavy atom. The molecule has 154 valence electrons. The van der Waals surface area contributed by atoms with Gasteiger partial charge in [0.15, 0.2) is 0 Å². The van der Waals surface area contributed by atoms with Gasteiger partial charge in [-0.3, -0.25) is 14.4 Å². The number of hydrogen-bond donors (Lipinski definition) is 1. The maximum Gasteiger partial charge on any atom is 0.305 e. The molecule has 0 radical (unpaired) electrons. The quantitative estimate of drug-likeness (QED) is 0.504. The Bertz CT molecular complexity index is 670. The lowest BCUT2D eigenvalue weighted by atomic mass is 10.1. The summed E-state index contributed by atoms with van der Waals surface area (Å²) in [5.41, 5.74) is 0.457.